The minimum Gasteiger partial charge on any atom is -0.391 e. The lowest BCUT2D eigenvalue weighted by Crippen LogP contribution is -2.58. The maximum absolute atomic E-state index is 14.0. The van der Waals surface area contributed by atoms with E-state index in [4.69, 9.17) is 10.5 Å². The predicted molar refractivity (Wildman–Crippen MR) is 196 cm³/mol. The van der Waals surface area contributed by atoms with Crippen LogP contribution in [0.1, 0.15) is 61.9 Å². The van der Waals surface area contributed by atoms with Crippen LogP contribution in [0.2, 0.25) is 0 Å². The van der Waals surface area contributed by atoms with E-state index in [1.165, 1.54) is 11.1 Å². The minimum atomic E-state index is -0.947. The summed E-state index contributed by atoms with van der Waals surface area (Å²) in [7, 11) is 0. The number of aromatic nitrogens is 3. The first-order valence-corrected chi connectivity index (χ1v) is 18.3. The van der Waals surface area contributed by atoms with E-state index in [1.54, 1.807) is 17.5 Å². The monoisotopic (exact) mass is 735 g/mol. The minimum absolute atomic E-state index is 0.00826. The van der Waals surface area contributed by atoms with Gasteiger partial charge in [0.25, 0.3) is 5.91 Å². The van der Waals surface area contributed by atoms with Crippen molar-refractivity contribution in [1.29, 1.82) is 0 Å². The van der Waals surface area contributed by atoms with E-state index in [-0.39, 0.29) is 37.2 Å². The summed E-state index contributed by atoms with van der Waals surface area (Å²) in [6, 6.07) is 5.76. The van der Waals surface area contributed by atoms with Gasteiger partial charge in [-0.1, -0.05) is 45.0 Å². The Hall–Kier alpha value is -4.51. The van der Waals surface area contributed by atoms with Crippen LogP contribution < -0.4 is 21.3 Å². The fourth-order valence-corrected chi connectivity index (χ4v) is 7.20. The van der Waals surface area contributed by atoms with Gasteiger partial charge < -0.3 is 36.0 Å². The van der Waals surface area contributed by atoms with E-state index >= 15 is 0 Å². The van der Waals surface area contributed by atoms with E-state index in [0.29, 0.717) is 32.1 Å². The van der Waals surface area contributed by atoms with Gasteiger partial charge in [-0.05, 0) is 30.4 Å². The van der Waals surface area contributed by atoms with E-state index in [9.17, 15) is 24.3 Å². The number of thiazole rings is 1. The molecule has 4 heterocycles. The number of anilines is 1. The third-order valence-corrected chi connectivity index (χ3v) is 10.4. The molecule has 2 fully saturated rings. The standard InChI is InChI=1S/C36H49N9O6S/c1-22(24-6-8-25(9-7-24)31-23(2)40-21-52-31)41-34(49)28-16-26(46)19-45(28)35(50)32(36(3,4)5)42-30(47)20-51-15-14-43-10-12-44(13-11-43)29-18-38-27(17-39-29)33(37)48/h6-9,17-18,21-22,26,28,32,46H,10-16,19-20H2,1-5H3,(H2,37,48)(H,41,49)(H,42,47)/t22-,26+,28-,32+/m0/s1. The van der Waals surface area contributed by atoms with Crippen molar-refractivity contribution in [2.75, 3.05) is 57.4 Å². The zero-order valence-electron chi connectivity index (χ0n) is 30.4. The van der Waals surface area contributed by atoms with Gasteiger partial charge in [0.2, 0.25) is 17.7 Å². The van der Waals surface area contributed by atoms with Crippen molar-refractivity contribution in [3.8, 4) is 10.4 Å². The summed E-state index contributed by atoms with van der Waals surface area (Å²) in [4.78, 5) is 71.2. The SMILES string of the molecule is Cc1ncsc1-c1ccc([C@H](C)NC(=O)[C@@H]2C[C@@H](O)CN2C(=O)[C@@H](NC(=O)COCCN2CCN(c3cnc(C(N)=O)cn3)CC2)C(C)(C)C)cc1. The van der Waals surface area contributed by atoms with Gasteiger partial charge in [-0.3, -0.25) is 24.1 Å². The molecule has 0 spiro atoms. The maximum atomic E-state index is 14.0. The maximum Gasteiger partial charge on any atom is 0.268 e. The lowest BCUT2D eigenvalue weighted by molar-refractivity contribution is -0.144. The van der Waals surface area contributed by atoms with Crippen LogP contribution in [0.25, 0.3) is 10.4 Å². The Bertz CT molecular complexity index is 1700. The van der Waals surface area contributed by atoms with Crippen LogP contribution >= 0.6 is 11.3 Å². The van der Waals surface area contributed by atoms with E-state index in [1.807, 2.05) is 64.4 Å². The van der Waals surface area contributed by atoms with Gasteiger partial charge in [0.15, 0.2) is 0 Å². The Balaban J connectivity index is 1.09. The van der Waals surface area contributed by atoms with Crippen molar-refractivity contribution in [2.45, 2.75) is 65.3 Å². The number of piperazine rings is 1. The van der Waals surface area contributed by atoms with Crippen molar-refractivity contribution in [2.24, 2.45) is 11.1 Å². The number of nitrogens with zero attached hydrogens (tertiary/aromatic N) is 6. The Kier molecular flexibility index (Phi) is 12.6. The van der Waals surface area contributed by atoms with Crippen LogP contribution in [0.15, 0.2) is 42.2 Å². The molecule has 280 valence electrons. The molecule has 2 saturated heterocycles. The van der Waals surface area contributed by atoms with Crippen molar-refractivity contribution in [3.05, 3.63) is 59.1 Å². The molecular formula is C36H49N9O6S. The number of likely N-dealkylation sites (tertiary alicyclic amines) is 1. The highest BCUT2D eigenvalue weighted by atomic mass is 32.1. The van der Waals surface area contributed by atoms with Crippen LogP contribution in [0.3, 0.4) is 0 Å². The third-order valence-electron chi connectivity index (χ3n) is 9.43. The highest BCUT2D eigenvalue weighted by molar-refractivity contribution is 7.13. The number of benzene rings is 1. The van der Waals surface area contributed by atoms with Crippen LogP contribution in [0.4, 0.5) is 5.82 Å². The first-order chi connectivity index (χ1) is 24.7. The number of nitrogens with two attached hydrogens (primary N) is 1. The molecule has 0 radical (unpaired) electrons. The van der Waals surface area contributed by atoms with Gasteiger partial charge in [0, 0.05) is 45.7 Å². The number of aliphatic hydroxyl groups is 1. The van der Waals surface area contributed by atoms with Crippen molar-refractivity contribution in [3.63, 3.8) is 0 Å². The highest BCUT2D eigenvalue weighted by Gasteiger charge is 2.44. The summed E-state index contributed by atoms with van der Waals surface area (Å²) in [5.41, 5.74) is 9.42. The number of rotatable bonds is 13. The normalized spacial score (nSPS) is 19.3. The van der Waals surface area contributed by atoms with Crippen molar-refractivity contribution >= 4 is 40.8 Å². The molecule has 2 aliphatic rings. The quantitative estimate of drug-likeness (QED) is 0.186. The number of carbonyl (C=O) groups excluding carboxylic acids is 4. The molecule has 2 aromatic heterocycles. The predicted octanol–water partition coefficient (Wildman–Crippen LogP) is 1.52. The van der Waals surface area contributed by atoms with E-state index in [0.717, 1.165) is 34.8 Å². The molecule has 0 aliphatic carbocycles. The zero-order valence-corrected chi connectivity index (χ0v) is 31.2. The third kappa shape index (κ3) is 9.67. The van der Waals surface area contributed by atoms with Gasteiger partial charge in [0.05, 0.1) is 47.2 Å². The van der Waals surface area contributed by atoms with Crippen LogP contribution in [-0.4, -0.2) is 124 Å². The van der Waals surface area contributed by atoms with Crippen LogP contribution in [0.5, 0.6) is 0 Å². The van der Waals surface area contributed by atoms with E-state index in [2.05, 4.69) is 35.4 Å². The molecule has 0 unspecified atom stereocenters. The molecule has 0 bridgehead atoms. The summed E-state index contributed by atoms with van der Waals surface area (Å²) in [5, 5.41) is 16.4. The number of hydrogen-bond donors (Lipinski definition) is 4. The molecule has 2 aliphatic heterocycles. The van der Waals surface area contributed by atoms with Crippen LogP contribution in [0, 0.1) is 12.3 Å². The molecule has 3 aromatic rings. The Morgan fingerprint density at radius 1 is 1.04 bits per heavy atom. The van der Waals surface area contributed by atoms with Gasteiger partial charge in [0.1, 0.15) is 30.2 Å². The zero-order chi connectivity index (χ0) is 37.6. The average molecular weight is 736 g/mol. The smallest absolute Gasteiger partial charge is 0.268 e. The summed E-state index contributed by atoms with van der Waals surface area (Å²) < 4.78 is 5.70. The number of carbonyl (C=O) groups is 4. The summed E-state index contributed by atoms with van der Waals surface area (Å²) in [5.74, 6) is -1.18. The number of β-amino-alcohol motifs (C(OH)–C–C–N with tert-alkyl or cyclic N) is 1. The molecule has 16 heteroatoms. The largest absolute Gasteiger partial charge is 0.391 e. The van der Waals surface area contributed by atoms with Crippen molar-refractivity contribution < 1.29 is 29.0 Å². The van der Waals surface area contributed by atoms with E-state index < -0.39 is 41.3 Å². The number of hydrogen-bond acceptors (Lipinski definition) is 12. The summed E-state index contributed by atoms with van der Waals surface area (Å²) in [6.07, 6.45) is 2.15. The number of amides is 4. The van der Waals surface area contributed by atoms with Crippen molar-refractivity contribution in [1.82, 2.24) is 35.4 Å². The number of aryl methyl sites for hydroxylation is 1. The van der Waals surface area contributed by atoms with Gasteiger partial charge in [-0.25, -0.2) is 15.0 Å². The van der Waals surface area contributed by atoms with Gasteiger partial charge >= 0.3 is 0 Å². The second kappa shape index (κ2) is 16.9. The fraction of sp³-hybridized carbons (Fsp3) is 0.528. The number of nitrogens with one attached hydrogen (secondary N) is 2. The highest BCUT2D eigenvalue weighted by Crippen LogP contribution is 2.29. The summed E-state index contributed by atoms with van der Waals surface area (Å²) in [6.45, 7) is 13.0. The Morgan fingerprint density at radius 2 is 1.75 bits per heavy atom. The molecule has 4 amide bonds. The Morgan fingerprint density at radius 3 is 2.35 bits per heavy atom. The van der Waals surface area contributed by atoms with Gasteiger partial charge in [-0.2, -0.15) is 0 Å². The molecule has 5 rings (SSSR count). The van der Waals surface area contributed by atoms with Gasteiger partial charge in [-0.15, -0.1) is 11.3 Å². The fourth-order valence-electron chi connectivity index (χ4n) is 6.39. The number of ether oxygens (including phenoxy) is 1. The molecule has 4 atom stereocenters. The molecule has 15 nitrogen and oxygen atoms in total. The second-order valence-electron chi connectivity index (χ2n) is 14.4. The lowest BCUT2D eigenvalue weighted by Gasteiger charge is -2.35. The first-order valence-electron chi connectivity index (χ1n) is 17.5. The molecule has 1 aromatic carbocycles. The molecular weight excluding hydrogens is 687 g/mol. The lowest BCUT2D eigenvalue weighted by atomic mass is 9.85. The summed E-state index contributed by atoms with van der Waals surface area (Å²) >= 11 is 1.57. The topological polar surface area (TPSA) is 196 Å². The molecule has 0 saturated carbocycles. The second-order valence-corrected chi connectivity index (χ2v) is 15.2. The molecule has 5 N–H and O–H groups in total. The first kappa shape index (κ1) is 38.7. The average Bonchev–Trinajstić information content (AvgIpc) is 3.73. The number of primary amides is 1. The number of aliphatic hydroxyl groups excluding tert-OH is 1. The Labute approximate surface area is 307 Å². The van der Waals surface area contributed by atoms with Crippen LogP contribution in [-0.2, 0) is 19.1 Å². The molecule has 52 heavy (non-hydrogen) atoms.